The van der Waals surface area contributed by atoms with Crippen LogP contribution in [0.4, 0.5) is 5.69 Å². The fourth-order valence-corrected chi connectivity index (χ4v) is 1.25. The quantitative estimate of drug-likeness (QED) is 0.686. The molecule has 0 fully saturated rings. The lowest BCUT2D eigenvalue weighted by molar-refractivity contribution is 0.288. The summed E-state index contributed by atoms with van der Waals surface area (Å²) in [6.07, 6.45) is 1.52. The summed E-state index contributed by atoms with van der Waals surface area (Å²) in [6.45, 7) is 0.191. The van der Waals surface area contributed by atoms with E-state index in [2.05, 4.69) is 0 Å². The van der Waals surface area contributed by atoms with Gasteiger partial charge in [0.1, 0.15) is 5.75 Å². The molecule has 0 heterocycles. The average molecular weight is 181 g/mol. The van der Waals surface area contributed by atoms with Crippen LogP contribution in [0, 0.1) is 0 Å². The molecule has 1 aromatic rings. The number of methoxy groups -OCH3 is 1. The highest BCUT2D eigenvalue weighted by atomic mass is 16.5. The zero-order valence-electron chi connectivity index (χ0n) is 7.79. The molecular weight excluding hydrogens is 166 g/mol. The zero-order valence-corrected chi connectivity index (χ0v) is 7.79. The molecule has 0 saturated heterocycles. The Morgan fingerprint density at radius 2 is 2.23 bits per heavy atom. The van der Waals surface area contributed by atoms with E-state index >= 15 is 0 Å². The number of nitrogen functional groups attached to an aromatic ring is 1. The highest BCUT2D eigenvalue weighted by molar-refractivity contribution is 5.58. The van der Waals surface area contributed by atoms with Crippen molar-refractivity contribution < 1.29 is 9.84 Å². The van der Waals surface area contributed by atoms with Gasteiger partial charge in [-0.3, -0.25) is 0 Å². The van der Waals surface area contributed by atoms with Crippen LogP contribution in [0.5, 0.6) is 5.75 Å². The molecule has 0 aliphatic carbocycles. The number of ether oxygens (including phenoxy) is 1. The number of aryl methyl sites for hydroxylation is 1. The number of aliphatic hydroxyl groups is 1. The molecule has 0 aliphatic heterocycles. The minimum absolute atomic E-state index is 0.191. The predicted molar refractivity (Wildman–Crippen MR) is 52.8 cm³/mol. The normalized spacial score (nSPS) is 10.0. The molecule has 1 rings (SSSR count). The first kappa shape index (κ1) is 9.86. The first-order valence-corrected chi connectivity index (χ1v) is 4.31. The van der Waals surface area contributed by atoms with E-state index in [1.807, 2.05) is 18.2 Å². The summed E-state index contributed by atoms with van der Waals surface area (Å²) in [5, 5.41) is 8.67. The lowest BCUT2D eigenvalue weighted by Gasteiger charge is -2.08. The summed E-state index contributed by atoms with van der Waals surface area (Å²) in [6, 6.07) is 5.69. The van der Waals surface area contributed by atoms with Gasteiger partial charge in [-0.25, -0.2) is 0 Å². The van der Waals surface area contributed by atoms with E-state index < -0.39 is 0 Å². The Bertz CT molecular complexity index is 274. The SMILES string of the molecule is COc1cccc(CCCO)c1N. The Labute approximate surface area is 78.1 Å². The summed E-state index contributed by atoms with van der Waals surface area (Å²) >= 11 is 0. The van der Waals surface area contributed by atoms with Gasteiger partial charge in [-0.1, -0.05) is 12.1 Å². The Hall–Kier alpha value is -1.22. The third kappa shape index (κ3) is 2.36. The second-order valence-corrected chi connectivity index (χ2v) is 2.86. The molecule has 3 heteroatoms. The number of nitrogens with two attached hydrogens (primary N) is 1. The van der Waals surface area contributed by atoms with Gasteiger partial charge in [-0.2, -0.15) is 0 Å². The molecule has 0 unspecified atom stereocenters. The first-order chi connectivity index (χ1) is 6.29. The zero-order chi connectivity index (χ0) is 9.68. The number of hydrogen-bond acceptors (Lipinski definition) is 3. The Morgan fingerprint density at radius 1 is 1.46 bits per heavy atom. The van der Waals surface area contributed by atoms with Crippen LogP contribution in [0.25, 0.3) is 0 Å². The van der Waals surface area contributed by atoms with E-state index in [-0.39, 0.29) is 6.61 Å². The van der Waals surface area contributed by atoms with Gasteiger partial charge in [0, 0.05) is 6.61 Å². The molecule has 0 saturated carbocycles. The van der Waals surface area contributed by atoms with Crippen molar-refractivity contribution in [3.05, 3.63) is 23.8 Å². The Balaban J connectivity index is 2.81. The second kappa shape index (κ2) is 4.72. The van der Waals surface area contributed by atoms with Crippen molar-refractivity contribution in [1.82, 2.24) is 0 Å². The minimum atomic E-state index is 0.191. The number of para-hydroxylation sites is 1. The van der Waals surface area contributed by atoms with E-state index in [0.29, 0.717) is 11.4 Å². The van der Waals surface area contributed by atoms with Crippen LogP contribution in [-0.4, -0.2) is 18.8 Å². The number of benzene rings is 1. The predicted octanol–water partition coefficient (Wildman–Crippen LogP) is 1.20. The van der Waals surface area contributed by atoms with Crippen LogP contribution in [0.15, 0.2) is 18.2 Å². The maximum Gasteiger partial charge on any atom is 0.142 e. The number of rotatable bonds is 4. The fraction of sp³-hybridized carbons (Fsp3) is 0.400. The van der Waals surface area contributed by atoms with Gasteiger partial charge in [0.05, 0.1) is 12.8 Å². The largest absolute Gasteiger partial charge is 0.495 e. The Kier molecular flexibility index (Phi) is 3.58. The van der Waals surface area contributed by atoms with Gasteiger partial charge in [0.15, 0.2) is 0 Å². The molecule has 72 valence electrons. The van der Waals surface area contributed by atoms with Crippen LogP contribution in [0.3, 0.4) is 0 Å². The molecule has 0 atom stereocenters. The maximum atomic E-state index is 8.67. The number of hydrogen-bond donors (Lipinski definition) is 2. The Morgan fingerprint density at radius 3 is 2.85 bits per heavy atom. The highest BCUT2D eigenvalue weighted by Gasteiger charge is 2.03. The van der Waals surface area contributed by atoms with E-state index in [1.165, 1.54) is 0 Å². The monoisotopic (exact) mass is 181 g/mol. The molecule has 0 aliphatic rings. The van der Waals surface area contributed by atoms with Crippen LogP contribution in [-0.2, 0) is 6.42 Å². The summed E-state index contributed by atoms with van der Waals surface area (Å²) < 4.78 is 5.08. The van der Waals surface area contributed by atoms with Crippen molar-refractivity contribution in [2.45, 2.75) is 12.8 Å². The molecule has 3 nitrogen and oxygen atoms in total. The first-order valence-electron chi connectivity index (χ1n) is 4.31. The van der Waals surface area contributed by atoms with E-state index in [1.54, 1.807) is 7.11 Å². The third-order valence-electron chi connectivity index (χ3n) is 1.98. The summed E-state index contributed by atoms with van der Waals surface area (Å²) in [7, 11) is 1.60. The van der Waals surface area contributed by atoms with Crippen LogP contribution >= 0.6 is 0 Å². The lowest BCUT2D eigenvalue weighted by atomic mass is 10.1. The van der Waals surface area contributed by atoms with E-state index in [0.717, 1.165) is 18.4 Å². The maximum absolute atomic E-state index is 8.67. The van der Waals surface area contributed by atoms with Crippen LogP contribution < -0.4 is 10.5 Å². The van der Waals surface area contributed by atoms with Crippen molar-refractivity contribution >= 4 is 5.69 Å². The van der Waals surface area contributed by atoms with Crippen molar-refractivity contribution in [2.24, 2.45) is 0 Å². The summed E-state index contributed by atoms with van der Waals surface area (Å²) in [4.78, 5) is 0. The number of anilines is 1. The molecular formula is C10H15NO2. The molecule has 0 bridgehead atoms. The van der Waals surface area contributed by atoms with Crippen molar-refractivity contribution in [2.75, 3.05) is 19.5 Å². The lowest BCUT2D eigenvalue weighted by Crippen LogP contribution is -1.99. The fourth-order valence-electron chi connectivity index (χ4n) is 1.25. The van der Waals surface area contributed by atoms with E-state index in [9.17, 15) is 0 Å². The van der Waals surface area contributed by atoms with Crippen molar-refractivity contribution in [3.8, 4) is 5.75 Å². The average Bonchev–Trinajstić information content (AvgIpc) is 2.16. The third-order valence-corrected chi connectivity index (χ3v) is 1.98. The van der Waals surface area contributed by atoms with Gasteiger partial charge >= 0.3 is 0 Å². The smallest absolute Gasteiger partial charge is 0.142 e. The minimum Gasteiger partial charge on any atom is -0.495 e. The van der Waals surface area contributed by atoms with Gasteiger partial charge in [-0.05, 0) is 24.5 Å². The summed E-state index contributed by atoms with van der Waals surface area (Å²) in [5.41, 5.74) is 7.54. The van der Waals surface area contributed by atoms with Crippen LogP contribution in [0.1, 0.15) is 12.0 Å². The van der Waals surface area contributed by atoms with Crippen molar-refractivity contribution in [1.29, 1.82) is 0 Å². The molecule has 0 radical (unpaired) electrons. The van der Waals surface area contributed by atoms with Gasteiger partial charge in [0.25, 0.3) is 0 Å². The molecule has 0 spiro atoms. The van der Waals surface area contributed by atoms with E-state index in [4.69, 9.17) is 15.6 Å². The molecule has 3 N–H and O–H groups in total. The van der Waals surface area contributed by atoms with Crippen molar-refractivity contribution in [3.63, 3.8) is 0 Å². The standard InChI is InChI=1S/C10H15NO2/c1-13-9-6-2-4-8(10(9)11)5-3-7-12/h2,4,6,12H,3,5,7,11H2,1H3. The van der Waals surface area contributed by atoms with Gasteiger partial charge in [-0.15, -0.1) is 0 Å². The number of aliphatic hydroxyl groups excluding tert-OH is 1. The van der Waals surface area contributed by atoms with Gasteiger partial charge in [0.2, 0.25) is 0 Å². The molecule has 0 amide bonds. The van der Waals surface area contributed by atoms with Gasteiger partial charge < -0.3 is 15.6 Å². The molecule has 0 aromatic heterocycles. The second-order valence-electron chi connectivity index (χ2n) is 2.86. The van der Waals surface area contributed by atoms with Crippen LogP contribution in [0.2, 0.25) is 0 Å². The molecule has 1 aromatic carbocycles. The topological polar surface area (TPSA) is 55.5 Å². The molecule has 13 heavy (non-hydrogen) atoms. The highest BCUT2D eigenvalue weighted by Crippen LogP contribution is 2.25. The summed E-state index contributed by atoms with van der Waals surface area (Å²) in [5.74, 6) is 0.704.